The van der Waals surface area contributed by atoms with Crippen molar-refractivity contribution in [2.24, 2.45) is 0 Å². The summed E-state index contributed by atoms with van der Waals surface area (Å²) in [4.78, 5) is 82.4. The zero-order chi connectivity index (χ0) is 49.7. The predicted molar refractivity (Wildman–Crippen MR) is 246 cm³/mol. The number of carbonyl (C=O) groups excluding carboxylic acids is 6. The number of ether oxygens (including phenoxy) is 9. The standard InChI is InChI=1S/C54H46O17/c55-31-39(64-47(56)33-19-7-1-8-20-33)41-44(68-50(59)36-25-13-4-14-26-36)46(70-52(61)38-29-17-6-18-30-38)54(71-41)63-32-40(65-48(57)34-21-9-2-10-22-34)42-43(67-49(58)35-23-11-3-12-24-35)45(53(62)66-42)69-51(60)37-27-15-5-16-28-37/h1-30,39-46,53-55,62H,31-32H2/t39-,40-,41+,42+,43+,44+,45-,46-,53-,54-/m1/s1. The highest BCUT2D eigenvalue weighted by Crippen LogP contribution is 2.35. The minimum atomic E-state index is -1.97. The Bertz CT molecular complexity index is 2730. The van der Waals surface area contributed by atoms with Crippen LogP contribution in [-0.4, -0.2) is 121 Å². The van der Waals surface area contributed by atoms with Gasteiger partial charge in [0.05, 0.1) is 46.6 Å². The summed E-state index contributed by atoms with van der Waals surface area (Å²) >= 11 is 0. The van der Waals surface area contributed by atoms with E-state index in [-0.39, 0.29) is 33.4 Å². The SMILES string of the molecule is O=C(O[C@@H]1[C@@H](OC(=O)c2ccccc2)[C@H](O)O[C@H]1[C@@H](CO[C@@H]1O[C@@H]([C@@H](CO)OC(=O)c2ccccc2)[C@H](OC(=O)c2ccccc2)[C@H]1OC(=O)c1ccccc1)OC(=O)c1ccccc1)c1ccccc1. The average Bonchev–Trinajstić information content (AvgIpc) is 3.91. The lowest BCUT2D eigenvalue weighted by Crippen LogP contribution is -2.48. The van der Waals surface area contributed by atoms with Gasteiger partial charge in [-0.05, 0) is 72.8 Å². The summed E-state index contributed by atoms with van der Waals surface area (Å²) in [5, 5.41) is 22.3. The van der Waals surface area contributed by atoms with Crippen molar-refractivity contribution in [1.29, 1.82) is 0 Å². The third kappa shape index (κ3) is 12.2. The molecule has 0 aliphatic carbocycles. The molecule has 2 heterocycles. The topological polar surface area (TPSA) is 226 Å². The Morgan fingerprint density at radius 3 is 1.06 bits per heavy atom. The maximum absolute atomic E-state index is 13.9. The summed E-state index contributed by atoms with van der Waals surface area (Å²) in [6.45, 7) is -1.67. The van der Waals surface area contributed by atoms with Crippen LogP contribution in [0, 0.1) is 0 Å². The van der Waals surface area contributed by atoms with Crippen LogP contribution in [0.25, 0.3) is 0 Å². The lowest BCUT2D eigenvalue weighted by atomic mass is 10.0. The maximum atomic E-state index is 13.9. The molecular formula is C54H46O17. The van der Waals surface area contributed by atoms with Crippen LogP contribution in [0.15, 0.2) is 182 Å². The normalized spacial score (nSPS) is 22.2. The molecule has 6 aromatic carbocycles. The fourth-order valence-electron chi connectivity index (χ4n) is 7.78. The fourth-order valence-corrected chi connectivity index (χ4v) is 7.78. The number of rotatable bonds is 18. The molecule has 8 rings (SSSR count). The molecule has 0 unspecified atom stereocenters. The summed E-state index contributed by atoms with van der Waals surface area (Å²) < 4.78 is 54.2. The molecule has 17 nitrogen and oxygen atoms in total. The fraction of sp³-hybridized carbons (Fsp3) is 0.222. The first-order valence-corrected chi connectivity index (χ1v) is 22.4. The van der Waals surface area contributed by atoms with Crippen molar-refractivity contribution >= 4 is 35.8 Å². The van der Waals surface area contributed by atoms with Gasteiger partial charge in [0.15, 0.2) is 49.2 Å². The van der Waals surface area contributed by atoms with Gasteiger partial charge in [-0.1, -0.05) is 109 Å². The molecule has 6 aromatic rings. The Morgan fingerprint density at radius 2 is 0.690 bits per heavy atom. The number of carbonyl (C=O) groups is 6. The van der Waals surface area contributed by atoms with E-state index in [2.05, 4.69) is 0 Å². The second kappa shape index (κ2) is 23.5. The molecule has 17 heteroatoms. The van der Waals surface area contributed by atoms with Gasteiger partial charge in [-0.3, -0.25) is 0 Å². The second-order valence-corrected chi connectivity index (χ2v) is 16.0. The number of hydrogen-bond acceptors (Lipinski definition) is 17. The molecular weight excluding hydrogens is 921 g/mol. The van der Waals surface area contributed by atoms with Crippen molar-refractivity contribution < 1.29 is 81.6 Å². The summed E-state index contributed by atoms with van der Waals surface area (Å²) in [6, 6.07) is 46.7. The Hall–Kier alpha value is -8.06. The molecule has 2 aliphatic rings. The number of aliphatic hydroxyl groups is 2. The Balaban J connectivity index is 1.16. The van der Waals surface area contributed by atoms with E-state index in [0.717, 1.165) is 0 Å². The second-order valence-electron chi connectivity index (χ2n) is 16.0. The summed E-state index contributed by atoms with van der Waals surface area (Å²) in [7, 11) is 0. The van der Waals surface area contributed by atoms with Crippen molar-refractivity contribution in [2.45, 2.75) is 61.4 Å². The van der Waals surface area contributed by atoms with Crippen LogP contribution in [-0.2, 0) is 42.6 Å². The monoisotopic (exact) mass is 966 g/mol. The first kappa shape index (κ1) is 49.4. The highest BCUT2D eigenvalue weighted by Gasteiger charge is 2.57. The zero-order valence-corrected chi connectivity index (χ0v) is 37.5. The van der Waals surface area contributed by atoms with Gasteiger partial charge < -0.3 is 52.8 Å². The molecule has 0 bridgehead atoms. The van der Waals surface area contributed by atoms with E-state index in [1.807, 2.05) is 0 Å². The number of benzene rings is 6. The van der Waals surface area contributed by atoms with Gasteiger partial charge >= 0.3 is 35.8 Å². The van der Waals surface area contributed by atoms with Gasteiger partial charge in [0, 0.05) is 0 Å². The minimum Gasteiger partial charge on any atom is -0.453 e. The Labute approximate surface area is 406 Å². The van der Waals surface area contributed by atoms with Crippen molar-refractivity contribution in [1.82, 2.24) is 0 Å². The molecule has 0 aromatic heterocycles. The van der Waals surface area contributed by atoms with Crippen LogP contribution in [0.1, 0.15) is 62.1 Å². The first-order chi connectivity index (χ1) is 34.6. The first-order valence-electron chi connectivity index (χ1n) is 22.4. The molecule has 2 fully saturated rings. The van der Waals surface area contributed by atoms with Crippen molar-refractivity contribution in [3.05, 3.63) is 215 Å². The minimum absolute atomic E-state index is 0.0617. The quantitative estimate of drug-likeness (QED) is 0.0768. The van der Waals surface area contributed by atoms with Crippen LogP contribution in [0.3, 0.4) is 0 Å². The third-order valence-electron chi connectivity index (χ3n) is 11.3. The van der Waals surface area contributed by atoms with Gasteiger partial charge in [0.2, 0.25) is 0 Å². The van der Waals surface area contributed by atoms with Crippen LogP contribution < -0.4 is 0 Å². The van der Waals surface area contributed by atoms with Gasteiger partial charge in [0.25, 0.3) is 0 Å². The van der Waals surface area contributed by atoms with Gasteiger partial charge in [-0.15, -0.1) is 0 Å². The van der Waals surface area contributed by atoms with E-state index in [0.29, 0.717) is 0 Å². The van der Waals surface area contributed by atoms with Gasteiger partial charge in [-0.2, -0.15) is 0 Å². The van der Waals surface area contributed by atoms with Crippen LogP contribution in [0.2, 0.25) is 0 Å². The van der Waals surface area contributed by atoms with E-state index in [4.69, 9.17) is 42.6 Å². The lowest BCUT2D eigenvalue weighted by Gasteiger charge is -2.30. The maximum Gasteiger partial charge on any atom is 0.338 e. The van der Waals surface area contributed by atoms with Crippen molar-refractivity contribution in [3.8, 4) is 0 Å². The number of esters is 6. The van der Waals surface area contributed by atoms with E-state index in [1.54, 1.807) is 109 Å². The number of hydrogen-bond donors (Lipinski definition) is 2. The van der Waals surface area contributed by atoms with E-state index < -0.39 is 110 Å². The van der Waals surface area contributed by atoms with Gasteiger partial charge in [0.1, 0.15) is 12.2 Å². The summed E-state index contributed by atoms with van der Waals surface area (Å²) in [5.74, 6) is -5.50. The van der Waals surface area contributed by atoms with Crippen LogP contribution in [0.4, 0.5) is 0 Å². The number of aliphatic hydroxyl groups excluding tert-OH is 2. The summed E-state index contributed by atoms with van der Waals surface area (Å²) in [5.41, 5.74) is 0.485. The highest BCUT2D eigenvalue weighted by molar-refractivity contribution is 5.92. The molecule has 10 atom stereocenters. The molecule has 0 spiro atoms. The van der Waals surface area contributed by atoms with Crippen molar-refractivity contribution in [2.75, 3.05) is 13.2 Å². The molecule has 0 radical (unpaired) electrons. The van der Waals surface area contributed by atoms with Crippen molar-refractivity contribution in [3.63, 3.8) is 0 Å². The highest BCUT2D eigenvalue weighted by atomic mass is 16.8. The van der Waals surface area contributed by atoms with Gasteiger partial charge in [-0.25, -0.2) is 28.8 Å². The molecule has 0 amide bonds. The lowest BCUT2D eigenvalue weighted by molar-refractivity contribution is -0.206. The smallest absolute Gasteiger partial charge is 0.338 e. The largest absolute Gasteiger partial charge is 0.453 e. The molecule has 2 aliphatic heterocycles. The van der Waals surface area contributed by atoms with E-state index in [1.165, 1.54) is 72.8 Å². The average molecular weight is 967 g/mol. The van der Waals surface area contributed by atoms with E-state index in [9.17, 15) is 39.0 Å². The predicted octanol–water partition coefficient (Wildman–Crippen LogP) is 5.79. The zero-order valence-electron chi connectivity index (χ0n) is 37.5. The molecule has 2 N–H and O–H groups in total. The van der Waals surface area contributed by atoms with Crippen LogP contribution >= 0.6 is 0 Å². The summed E-state index contributed by atoms with van der Waals surface area (Å²) in [6.07, 6.45) is -17.1. The van der Waals surface area contributed by atoms with E-state index >= 15 is 0 Å². The molecule has 0 saturated carbocycles. The molecule has 71 heavy (non-hydrogen) atoms. The third-order valence-corrected chi connectivity index (χ3v) is 11.3. The molecule has 2 saturated heterocycles. The Morgan fingerprint density at radius 1 is 0.394 bits per heavy atom. The molecule has 364 valence electrons. The van der Waals surface area contributed by atoms with Crippen LogP contribution in [0.5, 0.6) is 0 Å². The Kier molecular flexibility index (Phi) is 16.3.